The number of hydrogen-bond donors (Lipinski definition) is 1. The molecule has 104 valence electrons. The van der Waals surface area contributed by atoms with E-state index in [1.165, 1.54) is 12.1 Å². The normalized spacial score (nSPS) is 11.2. The van der Waals surface area contributed by atoms with Gasteiger partial charge < -0.3 is 9.73 Å². The maximum atomic E-state index is 12.7. The summed E-state index contributed by atoms with van der Waals surface area (Å²) in [7, 11) is 0. The number of nitrogens with one attached hydrogen (secondary N) is 1. The van der Waals surface area contributed by atoms with Crippen molar-refractivity contribution >= 4 is 23.2 Å². The topological polar surface area (TPSA) is 59.3 Å². The zero-order chi connectivity index (χ0) is 14.8. The number of hydrogen-bond acceptors (Lipinski definition) is 3. The summed E-state index contributed by atoms with van der Waals surface area (Å²) in [6.45, 7) is 0. The van der Waals surface area contributed by atoms with Crippen molar-refractivity contribution in [1.29, 1.82) is 0 Å². The summed E-state index contributed by atoms with van der Waals surface area (Å²) >= 11 is 4.73. The first-order chi connectivity index (χ1) is 9.38. The minimum absolute atomic E-state index is 0.247. The highest BCUT2D eigenvalue weighted by Gasteiger charge is 2.31. The molecule has 4 nitrogen and oxygen atoms in total. The molecule has 1 aromatic heterocycles. The van der Waals surface area contributed by atoms with E-state index in [0.29, 0.717) is 5.56 Å². The first-order valence-corrected chi connectivity index (χ1v) is 5.83. The molecule has 2 aromatic rings. The molecule has 2 rings (SSSR count). The lowest BCUT2D eigenvalue weighted by Crippen LogP contribution is -2.19. The fraction of sp³-hybridized carbons (Fsp3) is 0.0769. The van der Waals surface area contributed by atoms with E-state index >= 15 is 0 Å². The SMILES string of the molecule is O=C(Nc1ccc(C(F)(F)Cl)oc1=O)c1ccccc1. The van der Waals surface area contributed by atoms with Gasteiger partial charge in [-0.1, -0.05) is 18.2 Å². The molecule has 1 N–H and O–H groups in total. The third-order valence-electron chi connectivity index (χ3n) is 2.39. The second-order valence-corrected chi connectivity index (χ2v) is 4.29. The van der Waals surface area contributed by atoms with Gasteiger partial charge in [0.05, 0.1) is 0 Å². The Morgan fingerprint density at radius 3 is 2.35 bits per heavy atom. The van der Waals surface area contributed by atoms with Gasteiger partial charge in [-0.3, -0.25) is 4.79 Å². The molecule has 0 aliphatic heterocycles. The number of carbonyl (C=O) groups excluding carboxylic acids is 1. The summed E-state index contributed by atoms with van der Waals surface area (Å²) in [6, 6.07) is 9.94. The molecular formula is C13H8ClF2NO3. The average Bonchev–Trinajstić information content (AvgIpc) is 2.41. The Morgan fingerprint density at radius 1 is 1.15 bits per heavy atom. The summed E-state index contributed by atoms with van der Waals surface area (Å²) in [5.41, 5.74) is -1.03. The highest BCUT2D eigenvalue weighted by molar-refractivity contribution is 6.21. The van der Waals surface area contributed by atoms with Gasteiger partial charge in [0.2, 0.25) is 0 Å². The second-order valence-electron chi connectivity index (χ2n) is 3.82. The first-order valence-electron chi connectivity index (χ1n) is 5.45. The highest BCUT2D eigenvalue weighted by Crippen LogP contribution is 2.31. The average molecular weight is 300 g/mol. The molecule has 0 atom stereocenters. The molecule has 0 aliphatic rings. The van der Waals surface area contributed by atoms with E-state index in [9.17, 15) is 18.4 Å². The Hall–Kier alpha value is -2.21. The zero-order valence-corrected chi connectivity index (χ0v) is 10.7. The minimum Gasteiger partial charge on any atom is -0.418 e. The van der Waals surface area contributed by atoms with Gasteiger partial charge in [-0.2, -0.15) is 8.78 Å². The van der Waals surface area contributed by atoms with Crippen molar-refractivity contribution in [3.05, 3.63) is 64.2 Å². The molecule has 0 aliphatic carbocycles. The molecule has 7 heteroatoms. The van der Waals surface area contributed by atoms with Crippen LogP contribution in [0.3, 0.4) is 0 Å². The fourth-order valence-electron chi connectivity index (χ4n) is 1.44. The van der Waals surface area contributed by atoms with Gasteiger partial charge in [0.1, 0.15) is 5.69 Å². The van der Waals surface area contributed by atoms with Crippen molar-refractivity contribution in [2.24, 2.45) is 0 Å². The van der Waals surface area contributed by atoms with Crippen LogP contribution in [0.15, 0.2) is 51.7 Å². The summed E-state index contributed by atoms with van der Waals surface area (Å²) < 4.78 is 29.8. The Kier molecular flexibility index (Phi) is 3.85. The number of halogens is 3. The van der Waals surface area contributed by atoms with Gasteiger partial charge in [0, 0.05) is 5.56 Å². The quantitative estimate of drug-likeness (QED) is 0.886. The van der Waals surface area contributed by atoms with Crippen molar-refractivity contribution in [3.63, 3.8) is 0 Å². The molecule has 1 amide bonds. The molecule has 0 saturated heterocycles. The van der Waals surface area contributed by atoms with Crippen molar-refractivity contribution in [2.75, 3.05) is 5.32 Å². The third kappa shape index (κ3) is 3.21. The predicted molar refractivity (Wildman–Crippen MR) is 69.1 cm³/mol. The largest absolute Gasteiger partial charge is 0.418 e. The van der Waals surface area contributed by atoms with Crippen LogP contribution < -0.4 is 10.9 Å². The smallest absolute Gasteiger partial charge is 0.379 e. The van der Waals surface area contributed by atoms with Crippen molar-refractivity contribution in [1.82, 2.24) is 0 Å². The van der Waals surface area contributed by atoms with Gasteiger partial charge in [-0.05, 0) is 35.9 Å². The zero-order valence-electron chi connectivity index (χ0n) is 9.90. The Bertz CT molecular complexity index is 680. The van der Waals surface area contributed by atoms with Crippen molar-refractivity contribution in [2.45, 2.75) is 5.38 Å². The van der Waals surface area contributed by atoms with Gasteiger partial charge in [0.15, 0.2) is 5.76 Å². The molecule has 1 heterocycles. The fourth-order valence-corrected chi connectivity index (χ4v) is 1.55. The number of amides is 1. The van der Waals surface area contributed by atoms with Gasteiger partial charge in [0.25, 0.3) is 5.91 Å². The Balaban J connectivity index is 2.23. The third-order valence-corrected chi connectivity index (χ3v) is 2.57. The van der Waals surface area contributed by atoms with Crippen LogP contribution in [0.25, 0.3) is 0 Å². The first kappa shape index (κ1) is 14.2. The van der Waals surface area contributed by atoms with Crippen LogP contribution in [0.5, 0.6) is 0 Å². The summed E-state index contributed by atoms with van der Waals surface area (Å²) in [5.74, 6) is -1.54. The summed E-state index contributed by atoms with van der Waals surface area (Å²) in [6.07, 6.45) is 0. The van der Waals surface area contributed by atoms with Crippen LogP contribution >= 0.6 is 11.6 Å². The molecule has 0 saturated carbocycles. The second kappa shape index (κ2) is 5.42. The van der Waals surface area contributed by atoms with E-state index in [1.54, 1.807) is 18.2 Å². The highest BCUT2D eigenvalue weighted by atomic mass is 35.5. The molecule has 0 bridgehead atoms. The number of benzene rings is 1. The number of anilines is 1. The van der Waals surface area contributed by atoms with Crippen LogP contribution in [-0.2, 0) is 5.38 Å². The molecule has 20 heavy (non-hydrogen) atoms. The molecule has 0 radical (unpaired) electrons. The lowest BCUT2D eigenvalue weighted by molar-refractivity contribution is 0.0647. The van der Waals surface area contributed by atoms with E-state index in [-0.39, 0.29) is 5.69 Å². The van der Waals surface area contributed by atoms with E-state index in [4.69, 9.17) is 11.6 Å². The van der Waals surface area contributed by atoms with E-state index in [1.807, 2.05) is 0 Å². The maximum Gasteiger partial charge on any atom is 0.379 e. The van der Waals surface area contributed by atoms with Crippen molar-refractivity contribution in [3.8, 4) is 0 Å². The molecular weight excluding hydrogens is 292 g/mol. The lowest BCUT2D eigenvalue weighted by atomic mass is 10.2. The van der Waals surface area contributed by atoms with Crippen LogP contribution in [-0.4, -0.2) is 5.91 Å². The summed E-state index contributed by atoms with van der Waals surface area (Å²) in [4.78, 5) is 23.3. The van der Waals surface area contributed by atoms with Crippen LogP contribution in [0.4, 0.5) is 14.5 Å². The van der Waals surface area contributed by atoms with Crippen molar-refractivity contribution < 1.29 is 18.0 Å². The van der Waals surface area contributed by atoms with E-state index < -0.39 is 22.7 Å². The van der Waals surface area contributed by atoms with Crippen LogP contribution in [0, 0.1) is 0 Å². The molecule has 1 aromatic carbocycles. The van der Waals surface area contributed by atoms with E-state index in [2.05, 4.69) is 9.73 Å². The maximum absolute atomic E-state index is 12.7. The number of alkyl halides is 3. The standard InChI is InChI=1S/C13H8ClF2NO3/c14-13(15,16)10-7-6-9(12(19)20-10)17-11(18)8-4-2-1-3-5-8/h1-7H,(H,17,18). The Labute approximate surface area is 117 Å². The summed E-state index contributed by atoms with van der Waals surface area (Å²) in [5, 5.41) is -1.50. The van der Waals surface area contributed by atoms with Gasteiger partial charge in [-0.25, -0.2) is 4.79 Å². The molecule has 0 fully saturated rings. The monoisotopic (exact) mass is 299 g/mol. The molecule has 0 unspecified atom stereocenters. The Morgan fingerprint density at radius 2 is 1.80 bits per heavy atom. The lowest BCUT2D eigenvalue weighted by Gasteiger charge is -2.07. The predicted octanol–water partition coefficient (Wildman–Crippen LogP) is 3.18. The van der Waals surface area contributed by atoms with E-state index in [0.717, 1.165) is 12.1 Å². The van der Waals surface area contributed by atoms with Gasteiger partial charge in [-0.15, -0.1) is 0 Å². The van der Waals surface area contributed by atoms with Gasteiger partial charge >= 0.3 is 11.0 Å². The van der Waals surface area contributed by atoms with Crippen LogP contribution in [0.1, 0.15) is 16.1 Å². The van der Waals surface area contributed by atoms with Crippen LogP contribution in [0.2, 0.25) is 0 Å². The number of rotatable bonds is 3. The minimum atomic E-state index is -3.78. The number of carbonyl (C=O) groups is 1. The molecule has 0 spiro atoms.